The number of thiophene rings is 1. The first-order chi connectivity index (χ1) is 9.25. The predicted octanol–water partition coefficient (Wildman–Crippen LogP) is 2.59. The molecule has 0 radical (unpaired) electrons. The minimum absolute atomic E-state index is 0.199. The fraction of sp³-hybridized carbons (Fsp3) is 0.214. The second kappa shape index (κ2) is 6.92. The topological polar surface area (TPSA) is 62.5 Å². The lowest BCUT2D eigenvalue weighted by Gasteiger charge is -2.08. The molecule has 0 aromatic carbocycles. The number of furan rings is 1. The van der Waals surface area contributed by atoms with Crippen molar-refractivity contribution in [2.45, 2.75) is 12.5 Å². The van der Waals surface area contributed by atoms with Gasteiger partial charge >= 0.3 is 0 Å². The van der Waals surface area contributed by atoms with Crippen LogP contribution in [-0.4, -0.2) is 17.6 Å². The standard InChI is InChI=1S/C14H15NO3S/c16-12(13-4-2-10-19-13)7-8-15-14(17)6-5-11-3-1-9-18-11/h1-6,9-10,12,16H,7-8H2,(H,15,17)/b6-5+/t12-/m0/s1. The summed E-state index contributed by atoms with van der Waals surface area (Å²) in [5.74, 6) is 0.434. The highest BCUT2D eigenvalue weighted by Gasteiger charge is 2.08. The van der Waals surface area contributed by atoms with Crippen molar-refractivity contribution in [2.24, 2.45) is 0 Å². The molecule has 0 aliphatic carbocycles. The molecular formula is C14H15NO3S. The molecule has 2 aromatic heterocycles. The molecule has 0 unspecified atom stereocenters. The minimum Gasteiger partial charge on any atom is -0.465 e. The molecule has 0 saturated carbocycles. The zero-order valence-corrected chi connectivity index (χ0v) is 11.1. The SMILES string of the molecule is O=C(/C=C/c1ccco1)NCC[C@H](O)c1cccs1. The normalized spacial score (nSPS) is 12.7. The zero-order chi connectivity index (χ0) is 13.5. The molecule has 0 bridgehead atoms. The molecule has 0 saturated heterocycles. The second-order valence-electron chi connectivity index (χ2n) is 3.96. The Balaban J connectivity index is 1.69. The van der Waals surface area contributed by atoms with Crippen LogP contribution in [0.5, 0.6) is 0 Å². The van der Waals surface area contributed by atoms with Gasteiger partial charge in [0, 0.05) is 17.5 Å². The maximum Gasteiger partial charge on any atom is 0.244 e. The summed E-state index contributed by atoms with van der Waals surface area (Å²) in [5.41, 5.74) is 0. The molecule has 0 aliphatic heterocycles. The Labute approximate surface area is 115 Å². The monoisotopic (exact) mass is 277 g/mol. The van der Waals surface area contributed by atoms with Gasteiger partial charge < -0.3 is 14.8 Å². The summed E-state index contributed by atoms with van der Waals surface area (Å²) in [7, 11) is 0. The maximum absolute atomic E-state index is 11.5. The Morgan fingerprint density at radius 3 is 3.05 bits per heavy atom. The second-order valence-corrected chi connectivity index (χ2v) is 4.94. The smallest absolute Gasteiger partial charge is 0.244 e. The minimum atomic E-state index is -0.519. The lowest BCUT2D eigenvalue weighted by atomic mass is 10.2. The highest BCUT2D eigenvalue weighted by molar-refractivity contribution is 7.10. The summed E-state index contributed by atoms with van der Waals surface area (Å²) in [4.78, 5) is 12.4. The number of carbonyl (C=O) groups is 1. The van der Waals surface area contributed by atoms with Crippen LogP contribution in [0.3, 0.4) is 0 Å². The van der Waals surface area contributed by atoms with Crippen molar-refractivity contribution in [3.63, 3.8) is 0 Å². The molecule has 1 atom stereocenters. The summed E-state index contributed by atoms with van der Waals surface area (Å²) in [5, 5.41) is 14.5. The molecule has 0 aliphatic rings. The Bertz CT molecular complexity index is 517. The van der Waals surface area contributed by atoms with Crippen LogP contribution in [0.15, 0.2) is 46.4 Å². The van der Waals surface area contributed by atoms with Gasteiger partial charge in [-0.1, -0.05) is 6.07 Å². The van der Waals surface area contributed by atoms with E-state index in [0.717, 1.165) is 4.88 Å². The molecule has 2 rings (SSSR count). The number of hydrogen-bond acceptors (Lipinski definition) is 4. The first-order valence-corrected chi connectivity index (χ1v) is 6.84. The number of nitrogens with one attached hydrogen (secondary N) is 1. The maximum atomic E-state index is 11.5. The zero-order valence-electron chi connectivity index (χ0n) is 10.3. The number of carbonyl (C=O) groups excluding carboxylic acids is 1. The van der Waals surface area contributed by atoms with Crippen LogP contribution in [0.4, 0.5) is 0 Å². The van der Waals surface area contributed by atoms with Crippen LogP contribution in [-0.2, 0) is 4.79 Å². The van der Waals surface area contributed by atoms with E-state index in [1.165, 1.54) is 17.4 Å². The van der Waals surface area contributed by atoms with Crippen LogP contribution in [0.25, 0.3) is 6.08 Å². The van der Waals surface area contributed by atoms with Gasteiger partial charge in [0.25, 0.3) is 0 Å². The molecule has 100 valence electrons. The average Bonchev–Trinajstić information content (AvgIpc) is 3.09. The van der Waals surface area contributed by atoms with Crippen LogP contribution >= 0.6 is 11.3 Å². The first-order valence-electron chi connectivity index (χ1n) is 5.96. The summed E-state index contributed by atoms with van der Waals surface area (Å²) >= 11 is 1.51. The van der Waals surface area contributed by atoms with Gasteiger partial charge in [0.15, 0.2) is 0 Å². The van der Waals surface area contributed by atoms with Crippen LogP contribution in [0.2, 0.25) is 0 Å². The van der Waals surface area contributed by atoms with Gasteiger partial charge in [0.1, 0.15) is 5.76 Å². The third-order valence-corrected chi connectivity index (χ3v) is 3.50. The van der Waals surface area contributed by atoms with Crippen molar-refractivity contribution < 1.29 is 14.3 Å². The van der Waals surface area contributed by atoms with Gasteiger partial charge in [0.05, 0.1) is 12.4 Å². The third kappa shape index (κ3) is 4.39. The summed E-state index contributed by atoms with van der Waals surface area (Å²) < 4.78 is 5.07. The summed E-state index contributed by atoms with van der Waals surface area (Å²) in [6.07, 6.45) is 4.55. The van der Waals surface area contributed by atoms with E-state index in [2.05, 4.69) is 5.32 Å². The van der Waals surface area contributed by atoms with E-state index in [0.29, 0.717) is 18.7 Å². The summed E-state index contributed by atoms with van der Waals surface area (Å²) in [6.45, 7) is 0.431. The third-order valence-electron chi connectivity index (χ3n) is 2.53. The van der Waals surface area contributed by atoms with Gasteiger partial charge in [-0.2, -0.15) is 0 Å². The van der Waals surface area contributed by atoms with Crippen molar-refractivity contribution in [1.29, 1.82) is 0 Å². The van der Waals surface area contributed by atoms with E-state index in [1.807, 2.05) is 17.5 Å². The first kappa shape index (κ1) is 13.6. The van der Waals surface area contributed by atoms with E-state index < -0.39 is 6.10 Å². The largest absolute Gasteiger partial charge is 0.465 e. The fourth-order valence-corrected chi connectivity index (χ4v) is 2.30. The Morgan fingerprint density at radius 1 is 1.47 bits per heavy atom. The van der Waals surface area contributed by atoms with E-state index >= 15 is 0 Å². The lowest BCUT2D eigenvalue weighted by molar-refractivity contribution is -0.116. The molecule has 2 heterocycles. The number of hydrogen-bond donors (Lipinski definition) is 2. The van der Waals surface area contributed by atoms with E-state index in [4.69, 9.17) is 4.42 Å². The van der Waals surface area contributed by atoms with Crippen LogP contribution in [0.1, 0.15) is 23.2 Å². The number of aliphatic hydroxyl groups excluding tert-OH is 1. The van der Waals surface area contributed by atoms with Crippen molar-refractivity contribution in [2.75, 3.05) is 6.54 Å². The molecule has 0 fully saturated rings. The Morgan fingerprint density at radius 2 is 2.37 bits per heavy atom. The van der Waals surface area contributed by atoms with E-state index in [9.17, 15) is 9.90 Å². The van der Waals surface area contributed by atoms with Crippen molar-refractivity contribution in [1.82, 2.24) is 5.32 Å². The van der Waals surface area contributed by atoms with Crippen LogP contribution in [0, 0.1) is 0 Å². The Kier molecular flexibility index (Phi) is 4.94. The number of amides is 1. The van der Waals surface area contributed by atoms with Gasteiger partial charge in [-0.05, 0) is 36.1 Å². The molecule has 2 N–H and O–H groups in total. The average molecular weight is 277 g/mol. The summed E-state index contributed by atoms with van der Waals surface area (Å²) in [6, 6.07) is 7.31. The van der Waals surface area contributed by atoms with Crippen molar-refractivity contribution in [3.8, 4) is 0 Å². The molecule has 0 spiro atoms. The molecule has 1 amide bonds. The van der Waals surface area contributed by atoms with Crippen molar-refractivity contribution in [3.05, 3.63) is 52.6 Å². The van der Waals surface area contributed by atoms with Crippen molar-refractivity contribution >= 4 is 23.3 Å². The lowest BCUT2D eigenvalue weighted by Crippen LogP contribution is -2.23. The molecular weight excluding hydrogens is 262 g/mol. The van der Waals surface area contributed by atoms with E-state index in [1.54, 1.807) is 24.5 Å². The van der Waals surface area contributed by atoms with Gasteiger partial charge in [-0.15, -0.1) is 11.3 Å². The van der Waals surface area contributed by atoms with Gasteiger partial charge in [-0.3, -0.25) is 4.79 Å². The Hall–Kier alpha value is -1.85. The molecule has 4 nitrogen and oxygen atoms in total. The quantitative estimate of drug-likeness (QED) is 0.798. The molecule has 5 heteroatoms. The predicted molar refractivity (Wildman–Crippen MR) is 74.6 cm³/mol. The highest BCUT2D eigenvalue weighted by Crippen LogP contribution is 2.20. The highest BCUT2D eigenvalue weighted by atomic mass is 32.1. The fourth-order valence-electron chi connectivity index (χ4n) is 1.56. The molecule has 19 heavy (non-hydrogen) atoms. The number of rotatable bonds is 6. The van der Waals surface area contributed by atoms with E-state index in [-0.39, 0.29) is 5.91 Å². The number of aliphatic hydroxyl groups is 1. The molecule has 2 aromatic rings. The van der Waals surface area contributed by atoms with Crippen LogP contribution < -0.4 is 5.32 Å². The van der Waals surface area contributed by atoms with Gasteiger partial charge in [0.2, 0.25) is 5.91 Å². The van der Waals surface area contributed by atoms with Gasteiger partial charge in [-0.25, -0.2) is 0 Å².